The van der Waals surface area contributed by atoms with Gasteiger partial charge in [0, 0.05) is 18.4 Å². The molecule has 0 fully saturated rings. The van der Waals surface area contributed by atoms with Crippen LogP contribution in [-0.2, 0) is 9.53 Å². The minimum atomic E-state index is -1.02. The van der Waals surface area contributed by atoms with E-state index in [-0.39, 0.29) is 23.7 Å². The zero-order valence-corrected chi connectivity index (χ0v) is 11.5. The van der Waals surface area contributed by atoms with E-state index >= 15 is 0 Å². The van der Waals surface area contributed by atoms with Crippen molar-refractivity contribution in [3.05, 3.63) is 35.4 Å². The summed E-state index contributed by atoms with van der Waals surface area (Å²) in [6.45, 7) is 2.12. The van der Waals surface area contributed by atoms with Crippen molar-refractivity contribution in [1.29, 1.82) is 0 Å². The molecular weight excluding hydrogens is 266 g/mol. The second kappa shape index (κ2) is 8.40. The van der Waals surface area contributed by atoms with Crippen LogP contribution in [0.5, 0.6) is 0 Å². The molecule has 0 radical (unpaired) electrons. The van der Waals surface area contributed by atoms with Crippen molar-refractivity contribution >= 4 is 11.8 Å². The van der Waals surface area contributed by atoms with Gasteiger partial charge in [0.2, 0.25) is 0 Å². The molecule has 0 aliphatic carbocycles. The molecule has 0 aliphatic heterocycles. The second-order valence-electron chi connectivity index (χ2n) is 4.42. The molecule has 1 rings (SSSR count). The molecule has 1 aromatic rings. The number of hydrogen-bond acceptors (Lipinski definition) is 3. The monoisotopic (exact) mass is 284 g/mol. The van der Waals surface area contributed by atoms with E-state index in [1.165, 1.54) is 6.07 Å². The highest BCUT2D eigenvalue weighted by Crippen LogP contribution is 2.13. The Bertz CT molecular complexity index is 472. The zero-order chi connectivity index (χ0) is 15.0. The van der Waals surface area contributed by atoms with Gasteiger partial charge in [0.05, 0.1) is 6.61 Å². The van der Waals surface area contributed by atoms with Crippen molar-refractivity contribution in [2.24, 2.45) is 0 Å². The number of carbonyl (C=O) groups excluding carboxylic acids is 2. The predicted molar refractivity (Wildman–Crippen MR) is 70.4 cm³/mol. The van der Waals surface area contributed by atoms with E-state index in [4.69, 9.17) is 4.74 Å². The lowest BCUT2D eigenvalue weighted by molar-refractivity contribution is -0.143. The summed E-state index contributed by atoms with van der Waals surface area (Å²) in [6.07, 6.45) is 2.58. The Morgan fingerprint density at radius 3 is 2.40 bits per heavy atom. The van der Waals surface area contributed by atoms with E-state index in [1.54, 1.807) is 6.92 Å². The molecule has 0 N–H and O–H groups in total. The van der Waals surface area contributed by atoms with Crippen molar-refractivity contribution in [2.45, 2.75) is 39.0 Å². The predicted octanol–water partition coefficient (Wildman–Crippen LogP) is 3.66. The van der Waals surface area contributed by atoms with Gasteiger partial charge >= 0.3 is 5.97 Å². The molecule has 0 atom stereocenters. The SMILES string of the molecule is CCOC(=O)CCCCCC(=O)c1ccc(F)c(F)c1. The Balaban J connectivity index is 2.26. The summed E-state index contributed by atoms with van der Waals surface area (Å²) >= 11 is 0. The first-order valence-electron chi connectivity index (χ1n) is 6.68. The fourth-order valence-corrected chi connectivity index (χ4v) is 1.78. The zero-order valence-electron chi connectivity index (χ0n) is 11.5. The van der Waals surface area contributed by atoms with Crippen LogP contribution in [0.4, 0.5) is 8.78 Å². The molecule has 5 heteroatoms. The first kappa shape index (κ1) is 16.3. The number of hydrogen-bond donors (Lipinski definition) is 0. The highest BCUT2D eigenvalue weighted by atomic mass is 19.2. The van der Waals surface area contributed by atoms with Crippen LogP contribution in [0.15, 0.2) is 18.2 Å². The molecule has 20 heavy (non-hydrogen) atoms. The van der Waals surface area contributed by atoms with Gasteiger partial charge in [-0.3, -0.25) is 9.59 Å². The summed E-state index contributed by atoms with van der Waals surface area (Å²) in [7, 11) is 0. The number of ketones is 1. The van der Waals surface area contributed by atoms with Gasteiger partial charge < -0.3 is 4.74 Å². The third kappa shape index (κ3) is 5.47. The molecule has 0 heterocycles. The van der Waals surface area contributed by atoms with Gasteiger partial charge in [0.15, 0.2) is 17.4 Å². The van der Waals surface area contributed by atoms with Crippen LogP contribution >= 0.6 is 0 Å². The van der Waals surface area contributed by atoms with Crippen LogP contribution < -0.4 is 0 Å². The number of ether oxygens (including phenoxy) is 1. The molecular formula is C15H18F2O3. The normalized spacial score (nSPS) is 10.3. The molecule has 1 aromatic carbocycles. The number of carbonyl (C=O) groups is 2. The molecule has 0 saturated carbocycles. The summed E-state index contributed by atoms with van der Waals surface area (Å²) in [5.41, 5.74) is 0.175. The number of halogens is 2. The first-order chi connectivity index (χ1) is 9.54. The topological polar surface area (TPSA) is 43.4 Å². The first-order valence-corrected chi connectivity index (χ1v) is 6.68. The fraction of sp³-hybridized carbons (Fsp3) is 0.467. The van der Waals surface area contributed by atoms with Crippen molar-refractivity contribution in [3.63, 3.8) is 0 Å². The van der Waals surface area contributed by atoms with Crippen molar-refractivity contribution in [1.82, 2.24) is 0 Å². The summed E-state index contributed by atoms with van der Waals surface area (Å²) in [6, 6.07) is 3.14. The van der Waals surface area contributed by atoms with Crippen LogP contribution in [0.3, 0.4) is 0 Å². The number of Topliss-reactive ketones (excluding diaryl/α,β-unsaturated/α-hetero) is 1. The lowest BCUT2D eigenvalue weighted by Gasteiger charge is -2.03. The fourth-order valence-electron chi connectivity index (χ4n) is 1.78. The van der Waals surface area contributed by atoms with Gasteiger partial charge in [0.1, 0.15) is 0 Å². The number of unbranched alkanes of at least 4 members (excludes halogenated alkanes) is 2. The maximum absolute atomic E-state index is 13.0. The average Bonchev–Trinajstić information content (AvgIpc) is 2.41. The molecule has 0 spiro atoms. The van der Waals surface area contributed by atoms with E-state index in [0.717, 1.165) is 12.1 Å². The Labute approximate surface area is 116 Å². The summed E-state index contributed by atoms with van der Waals surface area (Å²) in [5, 5.41) is 0. The largest absolute Gasteiger partial charge is 0.466 e. The molecule has 0 unspecified atom stereocenters. The maximum atomic E-state index is 13.0. The average molecular weight is 284 g/mol. The standard InChI is InChI=1S/C15H18F2O3/c1-2-20-15(19)7-5-3-4-6-14(18)11-8-9-12(16)13(17)10-11/h8-10H,2-7H2,1H3. The number of esters is 1. The number of benzene rings is 1. The minimum Gasteiger partial charge on any atom is -0.466 e. The Morgan fingerprint density at radius 1 is 1.05 bits per heavy atom. The second-order valence-corrected chi connectivity index (χ2v) is 4.42. The van der Waals surface area contributed by atoms with E-state index < -0.39 is 11.6 Å². The molecule has 0 saturated heterocycles. The van der Waals surface area contributed by atoms with Crippen molar-refractivity contribution in [2.75, 3.05) is 6.61 Å². The number of rotatable bonds is 8. The van der Waals surface area contributed by atoms with Crippen LogP contribution in [0.2, 0.25) is 0 Å². The molecule has 0 aromatic heterocycles. The van der Waals surface area contributed by atoms with Gasteiger partial charge in [-0.15, -0.1) is 0 Å². The van der Waals surface area contributed by atoms with Crippen molar-refractivity contribution in [3.8, 4) is 0 Å². The molecule has 0 bridgehead atoms. The maximum Gasteiger partial charge on any atom is 0.305 e. The van der Waals surface area contributed by atoms with E-state index in [9.17, 15) is 18.4 Å². The lowest BCUT2D eigenvalue weighted by atomic mass is 10.0. The van der Waals surface area contributed by atoms with E-state index in [0.29, 0.717) is 32.3 Å². The minimum absolute atomic E-state index is 0.175. The lowest BCUT2D eigenvalue weighted by Crippen LogP contribution is -2.04. The highest BCUT2D eigenvalue weighted by molar-refractivity contribution is 5.95. The molecule has 3 nitrogen and oxygen atoms in total. The summed E-state index contributed by atoms with van der Waals surface area (Å²) in [4.78, 5) is 22.8. The molecule has 110 valence electrons. The van der Waals surface area contributed by atoms with Crippen LogP contribution in [0.25, 0.3) is 0 Å². The Morgan fingerprint density at radius 2 is 1.75 bits per heavy atom. The Hall–Kier alpha value is -1.78. The van der Waals surface area contributed by atoms with Gasteiger partial charge in [-0.1, -0.05) is 6.42 Å². The van der Waals surface area contributed by atoms with Crippen LogP contribution in [0, 0.1) is 11.6 Å². The van der Waals surface area contributed by atoms with Crippen molar-refractivity contribution < 1.29 is 23.1 Å². The Kier molecular flexibility index (Phi) is 6.84. The molecule has 0 amide bonds. The molecule has 0 aliphatic rings. The van der Waals surface area contributed by atoms with Crippen LogP contribution in [-0.4, -0.2) is 18.4 Å². The van der Waals surface area contributed by atoms with Gasteiger partial charge in [0.25, 0.3) is 0 Å². The van der Waals surface area contributed by atoms with E-state index in [2.05, 4.69) is 0 Å². The highest BCUT2D eigenvalue weighted by Gasteiger charge is 2.09. The van der Waals surface area contributed by atoms with E-state index in [1.807, 2.05) is 0 Å². The third-order valence-electron chi connectivity index (χ3n) is 2.83. The van der Waals surface area contributed by atoms with Gasteiger partial charge in [-0.25, -0.2) is 8.78 Å². The smallest absolute Gasteiger partial charge is 0.305 e. The van der Waals surface area contributed by atoms with Crippen LogP contribution in [0.1, 0.15) is 49.4 Å². The quantitative estimate of drug-likeness (QED) is 0.415. The van der Waals surface area contributed by atoms with Gasteiger partial charge in [-0.2, -0.15) is 0 Å². The van der Waals surface area contributed by atoms with Gasteiger partial charge in [-0.05, 0) is 38.0 Å². The summed E-state index contributed by atoms with van der Waals surface area (Å²) < 4.78 is 30.5. The third-order valence-corrected chi connectivity index (χ3v) is 2.83. The summed E-state index contributed by atoms with van der Waals surface area (Å²) in [5.74, 6) is -2.44.